The van der Waals surface area contributed by atoms with Crippen molar-refractivity contribution >= 4 is 39.1 Å². The second kappa shape index (κ2) is 7.36. The molecule has 1 saturated carbocycles. The molecule has 2 aromatic rings. The van der Waals surface area contributed by atoms with Gasteiger partial charge in [-0.05, 0) is 46.6 Å². The molecule has 1 aliphatic rings. The Balaban J connectivity index is 1.63. The normalized spacial score (nSPS) is 16.0. The van der Waals surface area contributed by atoms with Gasteiger partial charge in [-0.1, -0.05) is 43.2 Å². The van der Waals surface area contributed by atoms with Crippen molar-refractivity contribution in [2.45, 2.75) is 31.1 Å². The minimum Gasteiger partial charge on any atom is -0.362 e. The number of nitrogens with one attached hydrogen (secondary N) is 2. The van der Waals surface area contributed by atoms with Crippen LogP contribution < -0.4 is 10.6 Å². The van der Waals surface area contributed by atoms with Gasteiger partial charge in [0.05, 0.1) is 12.4 Å². The van der Waals surface area contributed by atoms with E-state index in [4.69, 9.17) is 12.2 Å². The summed E-state index contributed by atoms with van der Waals surface area (Å²) in [5.41, 5.74) is 1.58. The summed E-state index contributed by atoms with van der Waals surface area (Å²) in [4.78, 5) is 8.36. The quantitative estimate of drug-likeness (QED) is 0.771. The number of aromatic nitrogens is 2. The van der Waals surface area contributed by atoms with Crippen molar-refractivity contribution < 1.29 is 0 Å². The fraction of sp³-hybridized carbons (Fsp3) is 0.353. The topological polar surface area (TPSA) is 49.8 Å². The van der Waals surface area contributed by atoms with E-state index in [9.17, 15) is 0 Å². The summed E-state index contributed by atoms with van der Waals surface area (Å²) >= 11 is 8.67. The van der Waals surface area contributed by atoms with Crippen molar-refractivity contribution in [1.29, 1.82) is 0 Å². The Labute approximate surface area is 150 Å². The van der Waals surface area contributed by atoms with E-state index in [2.05, 4.69) is 66.9 Å². The highest BCUT2D eigenvalue weighted by atomic mass is 79.9. The molecule has 1 aliphatic carbocycles. The molecule has 1 heterocycles. The van der Waals surface area contributed by atoms with Crippen LogP contribution in [0.1, 0.15) is 31.2 Å². The number of hydrogen-bond donors (Lipinski definition) is 2. The minimum atomic E-state index is 0.179. The first-order chi connectivity index (χ1) is 11.2. The van der Waals surface area contributed by atoms with Crippen LogP contribution in [0.5, 0.6) is 0 Å². The van der Waals surface area contributed by atoms with Crippen molar-refractivity contribution in [3.05, 3.63) is 52.9 Å². The molecule has 0 bridgehead atoms. The molecule has 1 aromatic carbocycles. The van der Waals surface area contributed by atoms with Crippen molar-refractivity contribution in [3.63, 3.8) is 0 Å². The number of benzene rings is 1. The summed E-state index contributed by atoms with van der Waals surface area (Å²) in [6.45, 7) is 0.840. The van der Waals surface area contributed by atoms with Crippen molar-refractivity contribution in [2.24, 2.45) is 0 Å². The van der Waals surface area contributed by atoms with Crippen LogP contribution in [0, 0.1) is 0 Å². The Morgan fingerprint density at radius 1 is 1.13 bits per heavy atom. The highest BCUT2D eigenvalue weighted by Crippen LogP contribution is 2.40. The Bertz CT molecular complexity index is 654. The maximum absolute atomic E-state index is 5.40. The monoisotopic (exact) mass is 390 g/mol. The van der Waals surface area contributed by atoms with Gasteiger partial charge in [-0.3, -0.25) is 0 Å². The number of rotatable bonds is 4. The third-order valence-corrected chi connectivity index (χ3v) is 5.05. The summed E-state index contributed by atoms with van der Waals surface area (Å²) in [5, 5.41) is 7.04. The van der Waals surface area contributed by atoms with E-state index in [0.717, 1.165) is 6.54 Å². The molecule has 0 amide bonds. The van der Waals surface area contributed by atoms with Gasteiger partial charge >= 0.3 is 0 Å². The van der Waals surface area contributed by atoms with Crippen LogP contribution in [-0.2, 0) is 5.41 Å². The Hall–Kier alpha value is -1.53. The number of halogens is 1. The van der Waals surface area contributed by atoms with Crippen LogP contribution in [0.3, 0.4) is 0 Å². The highest BCUT2D eigenvalue weighted by Gasteiger charge is 2.35. The predicted molar refractivity (Wildman–Crippen MR) is 101 cm³/mol. The van der Waals surface area contributed by atoms with E-state index < -0.39 is 0 Å². The molecule has 0 radical (unpaired) electrons. The molecular formula is C17H19BrN4S. The van der Waals surface area contributed by atoms with Crippen molar-refractivity contribution in [1.82, 2.24) is 15.3 Å². The van der Waals surface area contributed by atoms with Crippen molar-refractivity contribution in [2.75, 3.05) is 11.9 Å². The molecule has 0 unspecified atom stereocenters. The standard InChI is InChI=1S/C17H19BrN4S/c18-14-10-20-15(11-19-14)22-16(23)21-12-17(8-4-5-9-17)13-6-2-1-3-7-13/h1-3,6-7,10-11H,4-5,8-9,12H2,(H2,20,21,22,23). The maximum Gasteiger partial charge on any atom is 0.172 e. The predicted octanol–water partition coefficient (Wildman–Crippen LogP) is 4.04. The van der Waals surface area contributed by atoms with Gasteiger partial charge in [0.15, 0.2) is 10.9 Å². The maximum atomic E-state index is 5.40. The van der Waals surface area contributed by atoms with Crippen LogP contribution in [0.15, 0.2) is 47.3 Å². The summed E-state index contributed by atoms with van der Waals surface area (Å²) in [7, 11) is 0. The molecule has 0 saturated heterocycles. The van der Waals surface area contributed by atoms with Crippen LogP contribution in [0.25, 0.3) is 0 Å². The van der Waals surface area contributed by atoms with Gasteiger partial charge in [-0.25, -0.2) is 9.97 Å². The number of thiocarbonyl (C=S) groups is 1. The van der Waals surface area contributed by atoms with Gasteiger partial charge in [0.1, 0.15) is 4.60 Å². The first-order valence-electron chi connectivity index (χ1n) is 7.76. The molecular weight excluding hydrogens is 372 g/mol. The second-order valence-corrected chi connectivity index (χ2v) is 7.11. The van der Waals surface area contributed by atoms with Crippen molar-refractivity contribution in [3.8, 4) is 0 Å². The van der Waals surface area contributed by atoms with E-state index in [-0.39, 0.29) is 5.41 Å². The lowest BCUT2D eigenvalue weighted by Crippen LogP contribution is -2.40. The van der Waals surface area contributed by atoms with Gasteiger partial charge in [0, 0.05) is 12.0 Å². The molecule has 1 fully saturated rings. The molecule has 1 aromatic heterocycles. The van der Waals surface area contributed by atoms with Crippen LogP contribution in [0.2, 0.25) is 0 Å². The SMILES string of the molecule is S=C(NCC1(c2ccccc2)CCCC1)Nc1cnc(Br)cn1. The van der Waals surface area contributed by atoms with Gasteiger partial charge in [0.2, 0.25) is 0 Å². The van der Waals surface area contributed by atoms with E-state index in [0.29, 0.717) is 15.5 Å². The summed E-state index contributed by atoms with van der Waals surface area (Å²) in [6.07, 6.45) is 8.24. The Morgan fingerprint density at radius 3 is 2.52 bits per heavy atom. The molecule has 0 spiro atoms. The average Bonchev–Trinajstić information content (AvgIpc) is 3.06. The zero-order valence-corrected chi connectivity index (χ0v) is 15.2. The van der Waals surface area contributed by atoms with E-state index >= 15 is 0 Å². The highest BCUT2D eigenvalue weighted by molar-refractivity contribution is 9.10. The third kappa shape index (κ3) is 4.06. The zero-order valence-electron chi connectivity index (χ0n) is 12.8. The van der Waals surface area contributed by atoms with E-state index in [1.165, 1.54) is 31.2 Å². The van der Waals surface area contributed by atoms with Crippen LogP contribution in [-0.4, -0.2) is 21.6 Å². The summed E-state index contributed by atoms with van der Waals surface area (Å²) in [6, 6.07) is 10.7. The van der Waals surface area contributed by atoms with E-state index in [1.807, 2.05) is 0 Å². The van der Waals surface area contributed by atoms with Crippen LogP contribution >= 0.6 is 28.1 Å². The molecule has 3 rings (SSSR count). The lowest BCUT2D eigenvalue weighted by Gasteiger charge is -2.30. The summed E-state index contributed by atoms with van der Waals surface area (Å²) < 4.78 is 0.705. The first kappa shape index (κ1) is 16.3. The Kier molecular flexibility index (Phi) is 5.23. The smallest absolute Gasteiger partial charge is 0.172 e. The van der Waals surface area contributed by atoms with E-state index in [1.54, 1.807) is 12.4 Å². The largest absolute Gasteiger partial charge is 0.362 e. The zero-order chi connectivity index (χ0) is 16.1. The number of hydrogen-bond acceptors (Lipinski definition) is 3. The van der Waals surface area contributed by atoms with Gasteiger partial charge in [-0.2, -0.15) is 0 Å². The molecule has 0 aliphatic heterocycles. The van der Waals surface area contributed by atoms with Crippen LogP contribution in [0.4, 0.5) is 5.82 Å². The van der Waals surface area contributed by atoms with Gasteiger partial charge < -0.3 is 10.6 Å². The first-order valence-corrected chi connectivity index (χ1v) is 8.96. The molecule has 4 nitrogen and oxygen atoms in total. The number of nitrogens with zero attached hydrogens (tertiary/aromatic N) is 2. The third-order valence-electron chi connectivity index (χ3n) is 4.40. The molecule has 0 atom stereocenters. The lowest BCUT2D eigenvalue weighted by molar-refractivity contribution is 0.435. The second-order valence-electron chi connectivity index (χ2n) is 5.89. The lowest BCUT2D eigenvalue weighted by atomic mass is 9.79. The Morgan fingerprint density at radius 2 is 1.87 bits per heavy atom. The average molecular weight is 391 g/mol. The minimum absolute atomic E-state index is 0.179. The molecule has 2 N–H and O–H groups in total. The summed E-state index contributed by atoms with van der Waals surface area (Å²) in [5.74, 6) is 0.644. The van der Waals surface area contributed by atoms with Gasteiger partial charge in [0.25, 0.3) is 0 Å². The molecule has 23 heavy (non-hydrogen) atoms. The fourth-order valence-electron chi connectivity index (χ4n) is 3.20. The molecule has 6 heteroatoms. The van der Waals surface area contributed by atoms with Gasteiger partial charge in [-0.15, -0.1) is 0 Å². The number of anilines is 1. The fourth-order valence-corrected chi connectivity index (χ4v) is 3.58. The molecule has 120 valence electrons.